The zero-order valence-corrected chi connectivity index (χ0v) is 21.0. The standard InChI is InChI=1S/C24H29N7O3S/c1-14-7-16(5-6-25-14)18-8-17(35(33)20-10-24(20,2)29-35)9-19-21(18)27-23(28-34-4)31(22(19)32)13-15-11-26-30(3)12-15/h5,8-9,11-12,14,25H,6-7,10,13H2,1-4H3,(H,27,28)(H,29,33)/t14-,24?,35?/m1/s1. The van der Waals surface area contributed by atoms with Crippen LogP contribution in [0.4, 0.5) is 5.95 Å². The number of anilines is 1. The summed E-state index contributed by atoms with van der Waals surface area (Å²) in [6.07, 6.45) is 7.30. The van der Waals surface area contributed by atoms with Crippen LogP contribution in [0.3, 0.4) is 0 Å². The van der Waals surface area contributed by atoms with Crippen LogP contribution in [-0.2, 0) is 28.1 Å². The predicted octanol–water partition coefficient (Wildman–Crippen LogP) is 1.41. The van der Waals surface area contributed by atoms with Crippen LogP contribution in [0.15, 0.2) is 40.3 Å². The monoisotopic (exact) mass is 495 g/mol. The first-order chi connectivity index (χ1) is 16.7. The molecule has 3 atom stereocenters. The molecule has 6 rings (SSSR count). The van der Waals surface area contributed by atoms with E-state index in [0.29, 0.717) is 21.7 Å². The minimum absolute atomic E-state index is 0.125. The molecular weight excluding hydrogens is 466 g/mol. The van der Waals surface area contributed by atoms with Crippen LogP contribution >= 0.6 is 0 Å². The molecule has 0 bridgehead atoms. The van der Waals surface area contributed by atoms with Crippen LogP contribution in [0.2, 0.25) is 0 Å². The van der Waals surface area contributed by atoms with Crippen LogP contribution in [0, 0.1) is 0 Å². The fourth-order valence-corrected chi connectivity index (χ4v) is 8.12. The molecule has 2 aliphatic heterocycles. The average molecular weight is 496 g/mol. The van der Waals surface area contributed by atoms with Crippen LogP contribution < -0.4 is 21.1 Å². The highest BCUT2D eigenvalue weighted by Crippen LogP contribution is 2.45. The molecule has 3 aliphatic rings. The maximum atomic E-state index is 13.9. The molecule has 1 aliphatic carbocycles. The second-order valence-electron chi connectivity index (χ2n) is 9.86. The van der Waals surface area contributed by atoms with E-state index in [1.54, 1.807) is 16.9 Å². The third-order valence-electron chi connectivity index (χ3n) is 7.06. The van der Waals surface area contributed by atoms with E-state index in [-0.39, 0.29) is 23.7 Å². The molecule has 3 aromatic rings. The lowest BCUT2D eigenvalue weighted by atomic mass is 9.94. The van der Waals surface area contributed by atoms with Crippen molar-refractivity contribution in [1.82, 2.24) is 29.4 Å². The Morgan fingerprint density at radius 3 is 2.83 bits per heavy atom. The van der Waals surface area contributed by atoms with Gasteiger partial charge in [0.1, 0.15) is 0 Å². The SMILES string of the molecule is CONc1nc2c(C3=CCN[C@H](C)C3)cc(S3(=O)=C4CC4(C)N3)cc2c(=O)n1Cc1cnn(C)c1. The first-order valence-corrected chi connectivity index (χ1v) is 13.2. The summed E-state index contributed by atoms with van der Waals surface area (Å²) >= 11 is 0. The quantitative estimate of drug-likeness (QED) is 0.350. The second-order valence-corrected chi connectivity index (χ2v) is 12.1. The fraction of sp³-hybridized carbons (Fsp3) is 0.417. The van der Waals surface area contributed by atoms with E-state index >= 15 is 0 Å². The summed E-state index contributed by atoms with van der Waals surface area (Å²) < 4.78 is 20.4. The molecule has 3 N–H and O–H groups in total. The Morgan fingerprint density at radius 1 is 1.37 bits per heavy atom. The van der Waals surface area contributed by atoms with Gasteiger partial charge in [-0.1, -0.05) is 6.08 Å². The lowest BCUT2D eigenvalue weighted by molar-refractivity contribution is 0.264. The fourth-order valence-electron chi connectivity index (χ4n) is 5.17. The number of benzene rings is 1. The Morgan fingerprint density at radius 2 is 2.20 bits per heavy atom. The summed E-state index contributed by atoms with van der Waals surface area (Å²) in [5.74, 6) is 0.306. The molecule has 1 fully saturated rings. The Kier molecular flexibility index (Phi) is 4.98. The van der Waals surface area contributed by atoms with Gasteiger partial charge in [0.15, 0.2) is 0 Å². The topological polar surface area (TPSA) is 115 Å². The van der Waals surface area contributed by atoms with E-state index in [1.807, 2.05) is 19.3 Å². The molecule has 11 heteroatoms. The van der Waals surface area contributed by atoms with Crippen molar-refractivity contribution in [2.75, 3.05) is 19.1 Å². The Bertz CT molecular complexity index is 1590. The summed E-state index contributed by atoms with van der Waals surface area (Å²) in [4.78, 5) is 25.6. The van der Waals surface area contributed by atoms with E-state index in [9.17, 15) is 9.00 Å². The van der Waals surface area contributed by atoms with Crippen molar-refractivity contribution < 1.29 is 9.05 Å². The van der Waals surface area contributed by atoms with E-state index in [2.05, 4.69) is 40.5 Å². The highest BCUT2D eigenvalue weighted by molar-refractivity contribution is 8.03. The highest BCUT2D eigenvalue weighted by atomic mass is 32.2. The first kappa shape index (κ1) is 22.5. The van der Waals surface area contributed by atoms with Gasteiger partial charge in [-0.2, -0.15) is 5.10 Å². The third-order valence-corrected chi connectivity index (χ3v) is 9.99. The van der Waals surface area contributed by atoms with Crippen molar-refractivity contribution in [3.05, 3.63) is 52.1 Å². The van der Waals surface area contributed by atoms with Gasteiger partial charge in [0, 0.05) is 53.1 Å². The van der Waals surface area contributed by atoms with Crippen molar-refractivity contribution in [2.24, 2.45) is 7.05 Å². The lowest BCUT2D eigenvalue weighted by Gasteiger charge is -2.28. The molecular formula is C24H29N7O3S. The first-order valence-electron chi connectivity index (χ1n) is 11.7. The number of nitrogens with zero attached hydrogens (tertiary/aromatic N) is 4. The maximum absolute atomic E-state index is 13.9. The van der Waals surface area contributed by atoms with E-state index in [1.165, 1.54) is 11.7 Å². The summed E-state index contributed by atoms with van der Waals surface area (Å²) in [7, 11) is 0.811. The zero-order chi connectivity index (χ0) is 24.5. The number of aryl methyl sites for hydroxylation is 1. The Hall–Kier alpha value is -2.99. The van der Waals surface area contributed by atoms with E-state index in [4.69, 9.17) is 9.82 Å². The van der Waals surface area contributed by atoms with Crippen molar-refractivity contribution in [3.63, 3.8) is 0 Å². The molecule has 0 radical (unpaired) electrons. The van der Waals surface area contributed by atoms with Gasteiger partial charge in [0.2, 0.25) is 5.95 Å². The molecule has 0 spiro atoms. The minimum Gasteiger partial charge on any atom is -0.310 e. The molecule has 0 amide bonds. The molecule has 2 unspecified atom stereocenters. The zero-order valence-electron chi connectivity index (χ0n) is 20.2. The summed E-state index contributed by atoms with van der Waals surface area (Å²) in [6, 6.07) is 4.00. The minimum atomic E-state index is -2.51. The molecule has 35 heavy (non-hydrogen) atoms. The molecule has 1 aromatic carbocycles. The van der Waals surface area contributed by atoms with Crippen LogP contribution in [0.1, 0.15) is 37.8 Å². The molecule has 184 valence electrons. The third kappa shape index (κ3) is 3.53. The van der Waals surface area contributed by atoms with E-state index < -0.39 is 9.71 Å². The molecule has 0 saturated heterocycles. The lowest BCUT2D eigenvalue weighted by Crippen LogP contribution is -2.47. The largest absolute Gasteiger partial charge is 0.310 e. The average Bonchev–Trinajstić information content (AvgIpc) is 3.18. The van der Waals surface area contributed by atoms with Crippen LogP contribution in [0.5, 0.6) is 0 Å². The van der Waals surface area contributed by atoms with Crippen molar-refractivity contribution in [1.29, 1.82) is 0 Å². The van der Waals surface area contributed by atoms with Crippen LogP contribution in [0.25, 0.3) is 16.5 Å². The summed E-state index contributed by atoms with van der Waals surface area (Å²) in [6.45, 7) is 5.19. The molecule has 4 heterocycles. The van der Waals surface area contributed by atoms with Gasteiger partial charge in [-0.15, -0.1) is 0 Å². The number of hydrogen-bond donors (Lipinski definition) is 3. The summed E-state index contributed by atoms with van der Waals surface area (Å²) in [5, 5.41) is 8.07. The van der Waals surface area contributed by atoms with E-state index in [0.717, 1.165) is 41.0 Å². The molecule has 10 nitrogen and oxygen atoms in total. The Labute approximate surface area is 203 Å². The van der Waals surface area contributed by atoms with Gasteiger partial charge in [-0.3, -0.25) is 18.9 Å². The van der Waals surface area contributed by atoms with Crippen molar-refractivity contribution in [3.8, 4) is 0 Å². The maximum Gasteiger partial charge on any atom is 0.263 e. The number of nitrogens with one attached hydrogen (secondary N) is 3. The number of hydrogen-bond acceptors (Lipinski definition) is 7. The van der Waals surface area contributed by atoms with Crippen LogP contribution in [-0.4, -0.2) is 53.6 Å². The Balaban J connectivity index is 1.61. The smallest absolute Gasteiger partial charge is 0.263 e. The van der Waals surface area contributed by atoms with Crippen molar-refractivity contribution in [2.45, 2.75) is 49.7 Å². The van der Waals surface area contributed by atoms with Crippen molar-refractivity contribution >= 4 is 37.0 Å². The van der Waals surface area contributed by atoms with Gasteiger partial charge in [0.05, 0.1) is 46.0 Å². The normalized spacial score (nSPS) is 27.4. The second kappa shape index (κ2) is 7.76. The summed E-state index contributed by atoms with van der Waals surface area (Å²) in [5.41, 5.74) is 5.80. The van der Waals surface area contributed by atoms with Gasteiger partial charge in [-0.25, -0.2) is 19.4 Å². The number of aromatic nitrogens is 4. The van der Waals surface area contributed by atoms with Gasteiger partial charge < -0.3 is 5.32 Å². The molecule has 1 saturated carbocycles. The van der Waals surface area contributed by atoms with Gasteiger partial charge in [0.25, 0.3) is 5.56 Å². The highest BCUT2D eigenvalue weighted by Gasteiger charge is 2.59. The number of rotatable bonds is 6. The van der Waals surface area contributed by atoms with Gasteiger partial charge >= 0.3 is 0 Å². The molecule has 2 aromatic heterocycles. The van der Waals surface area contributed by atoms with Gasteiger partial charge in [-0.05, 0) is 38.0 Å². The number of fused-ring (bicyclic) bond motifs is 2. The predicted molar refractivity (Wildman–Crippen MR) is 137 cm³/mol.